The van der Waals surface area contributed by atoms with Gasteiger partial charge in [-0.25, -0.2) is 4.98 Å². The molecule has 0 amide bonds. The molecule has 0 aliphatic rings. The summed E-state index contributed by atoms with van der Waals surface area (Å²) in [7, 11) is 0. The van der Waals surface area contributed by atoms with Crippen LogP contribution in [0.5, 0.6) is 0 Å². The topological polar surface area (TPSA) is 81.4 Å². The normalized spacial score (nSPS) is 10.4. The number of nitrogens with zero attached hydrogens (tertiary/aromatic N) is 2. The van der Waals surface area contributed by atoms with Crippen LogP contribution in [0.25, 0.3) is 0 Å². The molecular formula is C12H18N2O4. The van der Waals surface area contributed by atoms with Gasteiger partial charge in [0.15, 0.2) is 6.73 Å². The summed E-state index contributed by atoms with van der Waals surface area (Å²) in [6.07, 6.45) is 2.71. The summed E-state index contributed by atoms with van der Waals surface area (Å²) in [5, 5.41) is 9.15. The number of esters is 1. The largest absolute Gasteiger partial charge is 0.444 e. The molecule has 1 rings (SSSR count). The molecule has 0 bridgehead atoms. The summed E-state index contributed by atoms with van der Waals surface area (Å²) in [5.41, 5.74) is 0.524. The molecule has 0 unspecified atom stereocenters. The Labute approximate surface area is 106 Å². The fourth-order valence-electron chi connectivity index (χ4n) is 1.51. The lowest BCUT2D eigenvalue weighted by atomic mass is 10.3. The number of rotatable bonds is 7. The van der Waals surface area contributed by atoms with Gasteiger partial charge in [-0.1, -0.05) is 6.92 Å². The molecule has 0 aliphatic heterocycles. The monoisotopic (exact) mass is 254 g/mol. The van der Waals surface area contributed by atoms with Crippen LogP contribution in [0.15, 0.2) is 6.20 Å². The Morgan fingerprint density at radius 1 is 1.50 bits per heavy atom. The van der Waals surface area contributed by atoms with Gasteiger partial charge < -0.3 is 9.84 Å². The molecule has 1 N–H and O–H groups in total. The summed E-state index contributed by atoms with van der Waals surface area (Å²) >= 11 is 0. The Kier molecular flexibility index (Phi) is 5.51. The third kappa shape index (κ3) is 3.96. The fraction of sp³-hybridized carbons (Fsp3) is 0.583. The fourth-order valence-corrected chi connectivity index (χ4v) is 1.51. The minimum absolute atomic E-state index is 0.0165. The van der Waals surface area contributed by atoms with Crippen LogP contribution >= 0.6 is 0 Å². The maximum absolute atomic E-state index is 11.3. The van der Waals surface area contributed by atoms with Crippen LogP contribution in [0.3, 0.4) is 0 Å². The lowest BCUT2D eigenvalue weighted by Crippen LogP contribution is -2.15. The predicted molar refractivity (Wildman–Crippen MR) is 63.5 cm³/mol. The zero-order valence-electron chi connectivity index (χ0n) is 10.7. The molecule has 100 valence electrons. The van der Waals surface area contributed by atoms with Crippen molar-refractivity contribution in [3.05, 3.63) is 17.7 Å². The summed E-state index contributed by atoms with van der Waals surface area (Å²) in [6, 6.07) is 0. The molecule has 0 aromatic carbocycles. The minimum atomic E-state index is -0.302. The summed E-state index contributed by atoms with van der Waals surface area (Å²) in [6.45, 7) is 3.12. The van der Waals surface area contributed by atoms with Crippen molar-refractivity contribution in [3.8, 4) is 0 Å². The van der Waals surface area contributed by atoms with Crippen LogP contribution in [-0.2, 0) is 34.1 Å². The van der Waals surface area contributed by atoms with Gasteiger partial charge in [-0.15, -0.1) is 0 Å². The molecule has 1 heterocycles. The van der Waals surface area contributed by atoms with Gasteiger partial charge in [0.05, 0.1) is 24.9 Å². The highest BCUT2D eigenvalue weighted by atomic mass is 16.5. The average Bonchev–Trinajstić information content (AvgIpc) is 2.68. The molecule has 0 radical (unpaired) electrons. The second kappa shape index (κ2) is 6.90. The minimum Gasteiger partial charge on any atom is -0.444 e. The number of aliphatic hydroxyl groups excluding tert-OH is 1. The third-order valence-electron chi connectivity index (χ3n) is 2.40. The molecule has 1 aromatic heterocycles. The van der Waals surface area contributed by atoms with Gasteiger partial charge in [-0.05, 0) is 13.3 Å². The number of ketones is 1. The Bertz CT molecular complexity index is 426. The Morgan fingerprint density at radius 2 is 2.22 bits per heavy atom. The van der Waals surface area contributed by atoms with Crippen LogP contribution in [0.4, 0.5) is 0 Å². The van der Waals surface area contributed by atoms with Crippen molar-refractivity contribution in [2.24, 2.45) is 0 Å². The van der Waals surface area contributed by atoms with E-state index in [4.69, 9.17) is 9.84 Å². The van der Waals surface area contributed by atoms with Gasteiger partial charge in [-0.3, -0.25) is 14.2 Å². The molecule has 1 aromatic rings. The summed E-state index contributed by atoms with van der Waals surface area (Å²) < 4.78 is 6.60. The predicted octanol–water partition coefficient (Wildman–Crippen LogP) is 0.808. The Morgan fingerprint density at radius 3 is 2.78 bits per heavy atom. The molecule has 0 saturated carbocycles. The van der Waals surface area contributed by atoms with Gasteiger partial charge >= 0.3 is 5.97 Å². The maximum atomic E-state index is 11.3. The van der Waals surface area contributed by atoms with E-state index < -0.39 is 0 Å². The van der Waals surface area contributed by atoms with Crippen LogP contribution in [0, 0.1) is 0 Å². The third-order valence-corrected chi connectivity index (χ3v) is 2.40. The molecule has 0 fully saturated rings. The van der Waals surface area contributed by atoms with E-state index in [9.17, 15) is 9.59 Å². The zero-order valence-corrected chi connectivity index (χ0v) is 10.7. The van der Waals surface area contributed by atoms with E-state index in [0.717, 1.165) is 6.42 Å². The van der Waals surface area contributed by atoms with Crippen molar-refractivity contribution in [3.63, 3.8) is 0 Å². The highest BCUT2D eigenvalue weighted by molar-refractivity contribution is 5.77. The number of Topliss-reactive ketones (excluding diaryl/α,β-unsaturated/α-hetero) is 1. The van der Waals surface area contributed by atoms with Crippen molar-refractivity contribution >= 4 is 11.8 Å². The van der Waals surface area contributed by atoms with E-state index in [-0.39, 0.29) is 31.5 Å². The van der Waals surface area contributed by atoms with E-state index in [2.05, 4.69) is 4.98 Å². The van der Waals surface area contributed by atoms with Crippen LogP contribution in [-0.4, -0.2) is 26.4 Å². The number of ether oxygens (including phenoxy) is 1. The van der Waals surface area contributed by atoms with Gasteiger partial charge in [0.2, 0.25) is 0 Å². The Hall–Kier alpha value is -1.69. The number of aromatic nitrogens is 2. The maximum Gasteiger partial charge on any atom is 0.307 e. The van der Waals surface area contributed by atoms with Gasteiger partial charge in [0.25, 0.3) is 0 Å². The quantitative estimate of drug-likeness (QED) is 0.728. The van der Waals surface area contributed by atoms with Crippen LogP contribution in [0.1, 0.15) is 38.2 Å². The van der Waals surface area contributed by atoms with Crippen molar-refractivity contribution in [1.29, 1.82) is 0 Å². The number of carbonyl (C=O) groups excluding carboxylic acids is 2. The molecule has 0 aliphatic carbocycles. The van der Waals surface area contributed by atoms with Crippen molar-refractivity contribution in [2.75, 3.05) is 0 Å². The molecule has 0 saturated heterocycles. The molecule has 0 atom stereocenters. The molecule has 18 heavy (non-hydrogen) atoms. The highest BCUT2D eigenvalue weighted by Gasteiger charge is 2.12. The number of hydrogen-bond acceptors (Lipinski definition) is 5. The van der Waals surface area contributed by atoms with Crippen molar-refractivity contribution in [1.82, 2.24) is 9.55 Å². The zero-order chi connectivity index (χ0) is 13.5. The smallest absolute Gasteiger partial charge is 0.307 e. The second-order valence-electron chi connectivity index (χ2n) is 4.03. The first-order chi connectivity index (χ1) is 8.58. The molecule has 6 nitrogen and oxygen atoms in total. The SMILES string of the molecule is CCCC(=O)OCn1c(CO)cnc1CC(C)=O. The standard InChI is InChI=1S/C12H18N2O4/c1-3-4-12(17)18-8-14-10(7-15)6-13-11(14)5-9(2)16/h6,15H,3-5,7-8H2,1-2H3. The number of aliphatic hydroxyl groups is 1. The van der Waals surface area contributed by atoms with E-state index in [1.165, 1.54) is 13.1 Å². The first-order valence-corrected chi connectivity index (χ1v) is 5.87. The lowest BCUT2D eigenvalue weighted by Gasteiger charge is -2.10. The highest BCUT2D eigenvalue weighted by Crippen LogP contribution is 2.08. The van der Waals surface area contributed by atoms with Gasteiger partial charge in [0, 0.05) is 6.42 Å². The molecule has 6 heteroatoms. The Balaban J connectivity index is 2.74. The molecule has 0 spiro atoms. The molecular weight excluding hydrogens is 236 g/mol. The second-order valence-corrected chi connectivity index (χ2v) is 4.03. The first kappa shape index (κ1) is 14.4. The summed E-state index contributed by atoms with van der Waals surface area (Å²) in [5.74, 6) is 0.158. The van der Waals surface area contributed by atoms with E-state index >= 15 is 0 Å². The first-order valence-electron chi connectivity index (χ1n) is 5.87. The van der Waals surface area contributed by atoms with Crippen molar-refractivity contribution < 1.29 is 19.4 Å². The number of hydrogen-bond donors (Lipinski definition) is 1. The van der Waals surface area contributed by atoms with Crippen LogP contribution < -0.4 is 0 Å². The van der Waals surface area contributed by atoms with Crippen molar-refractivity contribution in [2.45, 2.75) is 46.4 Å². The summed E-state index contributed by atoms with van der Waals surface area (Å²) in [4.78, 5) is 26.4. The van der Waals surface area contributed by atoms with Gasteiger partial charge in [0.1, 0.15) is 11.6 Å². The average molecular weight is 254 g/mol. The van der Waals surface area contributed by atoms with Crippen LogP contribution in [0.2, 0.25) is 0 Å². The van der Waals surface area contributed by atoms with Gasteiger partial charge in [-0.2, -0.15) is 0 Å². The number of imidazole rings is 1. The van der Waals surface area contributed by atoms with E-state index in [1.54, 1.807) is 4.57 Å². The number of carbonyl (C=O) groups is 2. The van der Waals surface area contributed by atoms with E-state index in [0.29, 0.717) is 17.9 Å². The lowest BCUT2D eigenvalue weighted by molar-refractivity contribution is -0.147. The van der Waals surface area contributed by atoms with E-state index in [1.807, 2.05) is 6.92 Å².